The summed E-state index contributed by atoms with van der Waals surface area (Å²) in [5, 5.41) is 16.3. The molecule has 16 aromatic rings. The number of aromatic nitrogens is 2. The molecule has 0 aliphatic carbocycles. The van der Waals surface area contributed by atoms with Crippen LogP contribution in [-0.2, 0) is 0 Å². The van der Waals surface area contributed by atoms with E-state index in [0.717, 1.165) is 109 Å². The van der Waals surface area contributed by atoms with Crippen LogP contribution in [0.5, 0.6) is 0 Å². The molecule has 2 aromatic heterocycles. The molecule has 0 atom stereocenters. The van der Waals surface area contributed by atoms with Crippen LogP contribution in [0.25, 0.3) is 152 Å². The van der Waals surface area contributed by atoms with Crippen LogP contribution < -0.4 is 21.7 Å². The first-order chi connectivity index (χ1) is 34.4. The lowest BCUT2D eigenvalue weighted by Gasteiger charge is -2.13. The Bertz CT molecular complexity index is 4950. The van der Waals surface area contributed by atoms with Crippen LogP contribution in [-0.4, -0.2) is 9.35 Å². The van der Waals surface area contributed by atoms with Crippen LogP contribution >= 0.6 is 0 Å². The van der Waals surface area contributed by atoms with Gasteiger partial charge in [-0.3, -0.25) is 19.2 Å². The molecule has 6 nitrogen and oxygen atoms in total. The minimum atomic E-state index is -0.0178. The van der Waals surface area contributed by atoms with Gasteiger partial charge in [-0.05, 0) is 150 Å². The zero-order valence-electron chi connectivity index (χ0n) is 37.0. The van der Waals surface area contributed by atoms with Crippen LogP contribution in [0.1, 0.15) is 0 Å². The minimum absolute atomic E-state index is 0.00434. The van der Waals surface area contributed by atoms with Crippen LogP contribution in [0.15, 0.2) is 213 Å². The molecule has 0 unspecified atom stereocenters. The molecule has 0 spiro atoms. The van der Waals surface area contributed by atoms with Crippen molar-refractivity contribution in [1.82, 2.24) is 9.35 Å². The number of hydrogen-bond acceptors (Lipinski definition) is 4. The number of nitrogens with zero attached hydrogens (tertiary/aromatic N) is 2. The Balaban J connectivity index is 0.856. The second-order valence-electron chi connectivity index (χ2n) is 18.9. The van der Waals surface area contributed by atoms with Crippen LogP contribution in [0.4, 0.5) is 0 Å². The van der Waals surface area contributed by atoms with Crippen LogP contribution in [0.3, 0.4) is 0 Å². The van der Waals surface area contributed by atoms with Gasteiger partial charge in [0.1, 0.15) is 0 Å². The summed E-state index contributed by atoms with van der Waals surface area (Å²) in [5.41, 5.74) is 8.18. The third-order valence-corrected chi connectivity index (χ3v) is 15.5. The van der Waals surface area contributed by atoms with Crippen molar-refractivity contribution in [3.05, 3.63) is 235 Å². The smallest absolute Gasteiger partial charge is 0.194 e. The van der Waals surface area contributed by atoms with Crippen molar-refractivity contribution < 1.29 is 0 Å². The fourth-order valence-corrected chi connectivity index (χ4v) is 12.2. The van der Waals surface area contributed by atoms with Crippen LogP contribution in [0.2, 0.25) is 0 Å². The lowest BCUT2D eigenvalue weighted by Crippen LogP contribution is -2.08. The molecule has 0 aliphatic rings. The summed E-state index contributed by atoms with van der Waals surface area (Å²) in [6.45, 7) is 0. The van der Waals surface area contributed by atoms with E-state index >= 15 is 0 Å². The number of benzene rings is 10. The van der Waals surface area contributed by atoms with E-state index in [1.807, 2.05) is 97.1 Å². The molecule has 0 aliphatic heterocycles. The van der Waals surface area contributed by atoms with E-state index in [1.54, 1.807) is 0 Å². The summed E-state index contributed by atoms with van der Waals surface area (Å²) in [7, 11) is 0. The first kappa shape index (κ1) is 37.6. The number of fused-ring (bicyclic) bond motifs is 18. The second kappa shape index (κ2) is 13.1. The molecular weight excluding hydrogens is 861 g/mol. The fourth-order valence-electron chi connectivity index (χ4n) is 12.2. The Kier molecular flexibility index (Phi) is 7.04. The molecule has 0 saturated heterocycles. The predicted molar refractivity (Wildman–Crippen MR) is 290 cm³/mol. The third-order valence-electron chi connectivity index (χ3n) is 15.5. The van der Waals surface area contributed by atoms with Crippen molar-refractivity contribution in [2.75, 3.05) is 0 Å². The van der Waals surface area contributed by atoms with Gasteiger partial charge in [-0.2, -0.15) is 0 Å². The van der Waals surface area contributed by atoms with Crippen molar-refractivity contribution in [3.63, 3.8) is 0 Å². The largest absolute Gasteiger partial charge is 0.289 e. The second-order valence-corrected chi connectivity index (χ2v) is 18.9. The Hall–Kier alpha value is -9.52. The molecule has 14 aromatic carbocycles. The third kappa shape index (κ3) is 4.71. The molecular formula is C64H32N2O4. The lowest BCUT2D eigenvalue weighted by atomic mass is 10.00. The summed E-state index contributed by atoms with van der Waals surface area (Å²) < 4.78 is 4.64. The zero-order chi connectivity index (χ0) is 46.3. The first-order valence-corrected chi connectivity index (χ1v) is 23.5. The summed E-state index contributed by atoms with van der Waals surface area (Å²) >= 11 is 0. The highest BCUT2D eigenvalue weighted by Crippen LogP contribution is 2.41. The monoisotopic (exact) mass is 892 g/mol. The number of para-hydroxylation sites is 2. The normalized spacial score (nSPS) is 12.5. The lowest BCUT2D eigenvalue weighted by molar-refractivity contribution is 0.775. The average Bonchev–Trinajstić information content (AvgIpc) is 4.21. The number of hydrogen-bond donors (Lipinski definition) is 0. The van der Waals surface area contributed by atoms with E-state index in [0.29, 0.717) is 43.1 Å². The van der Waals surface area contributed by atoms with Crippen molar-refractivity contribution in [2.24, 2.45) is 0 Å². The van der Waals surface area contributed by atoms with Crippen molar-refractivity contribution in [1.29, 1.82) is 0 Å². The predicted octanol–water partition coefficient (Wildman–Crippen LogP) is 14.0. The van der Waals surface area contributed by atoms with E-state index in [-0.39, 0.29) is 21.7 Å². The molecule has 16 rings (SSSR count). The Morgan fingerprint density at radius 3 is 0.829 bits per heavy atom. The Labute approximate surface area is 394 Å². The van der Waals surface area contributed by atoms with Crippen molar-refractivity contribution >= 4 is 130 Å². The molecule has 6 heteroatoms. The maximum absolute atomic E-state index is 13.9. The number of rotatable bonds is 3. The van der Waals surface area contributed by atoms with E-state index in [4.69, 9.17) is 0 Å². The maximum atomic E-state index is 13.9. The van der Waals surface area contributed by atoms with Gasteiger partial charge in [0.2, 0.25) is 0 Å². The van der Waals surface area contributed by atoms with Crippen LogP contribution in [0, 0.1) is 0 Å². The Morgan fingerprint density at radius 1 is 0.186 bits per heavy atom. The molecule has 0 fully saturated rings. The zero-order valence-corrected chi connectivity index (χ0v) is 37.0. The van der Waals surface area contributed by atoms with E-state index < -0.39 is 0 Å². The molecule has 0 bridgehead atoms. The molecule has 0 amide bonds. The summed E-state index contributed by atoms with van der Waals surface area (Å²) in [6, 6.07) is 65.3. The van der Waals surface area contributed by atoms with Gasteiger partial charge >= 0.3 is 0 Å². The minimum Gasteiger partial charge on any atom is -0.289 e. The topological polar surface area (TPSA) is 78.1 Å². The molecule has 2 heterocycles. The SMILES string of the molecule is O=c1c2ccccc2c2cc3c(=O)c4ccc(-c5ccc6c(c5)c5ccccc5n6-n5c6ccccc6c6cc(-c7ccc8c(=O)c9cc%10c(cc9c8c7)c(=O)c7ccccc7%10)ccc65)cc4c3cc12. The summed E-state index contributed by atoms with van der Waals surface area (Å²) in [5.74, 6) is 0. The van der Waals surface area contributed by atoms with Gasteiger partial charge in [0, 0.05) is 64.6 Å². The first-order valence-electron chi connectivity index (χ1n) is 23.5. The maximum Gasteiger partial charge on any atom is 0.194 e. The average molecular weight is 893 g/mol. The molecule has 0 saturated carbocycles. The van der Waals surface area contributed by atoms with Gasteiger partial charge in [0.25, 0.3) is 0 Å². The van der Waals surface area contributed by atoms with Gasteiger partial charge < -0.3 is 0 Å². The summed E-state index contributed by atoms with van der Waals surface area (Å²) in [6.07, 6.45) is 0. The van der Waals surface area contributed by atoms with Crippen molar-refractivity contribution in [3.8, 4) is 22.3 Å². The fraction of sp³-hybridized carbons (Fsp3) is 0. The highest BCUT2D eigenvalue weighted by Gasteiger charge is 2.22. The molecule has 0 radical (unpaired) electrons. The molecule has 0 N–H and O–H groups in total. The van der Waals surface area contributed by atoms with E-state index in [1.165, 1.54) is 0 Å². The standard InChI is InChI=1S/C64H32N2O4/c67-61-41-13-3-1-9-37(41)47-29-55-49(31-53(47)61)45-25-33(17-21-43(45)63(55)69)35-19-23-59-51(27-35)39-11-5-7-15-57(39)65(59)66-58-16-8-6-12-40(58)52-28-36(20-24-60(52)66)34-18-22-44-46(26-34)50-32-54-48(30-56(50)64(44)70)38-10-2-4-14-42(38)62(54)68/h1-32H. The van der Waals surface area contributed by atoms with Gasteiger partial charge in [0.15, 0.2) is 21.7 Å². The Morgan fingerprint density at radius 2 is 0.443 bits per heavy atom. The van der Waals surface area contributed by atoms with Crippen molar-refractivity contribution in [2.45, 2.75) is 0 Å². The van der Waals surface area contributed by atoms with E-state index in [2.05, 4.69) is 106 Å². The highest BCUT2D eigenvalue weighted by molar-refractivity contribution is 6.24. The highest BCUT2D eigenvalue weighted by atomic mass is 16.1. The van der Waals surface area contributed by atoms with Gasteiger partial charge in [-0.1, -0.05) is 109 Å². The molecule has 322 valence electrons. The van der Waals surface area contributed by atoms with Gasteiger partial charge in [0.05, 0.1) is 22.1 Å². The quantitative estimate of drug-likeness (QED) is 0.177. The van der Waals surface area contributed by atoms with E-state index in [9.17, 15) is 19.2 Å². The van der Waals surface area contributed by atoms with Gasteiger partial charge in [-0.15, -0.1) is 0 Å². The molecule has 70 heavy (non-hydrogen) atoms. The summed E-state index contributed by atoms with van der Waals surface area (Å²) in [4.78, 5) is 54.9. The van der Waals surface area contributed by atoms with Gasteiger partial charge in [-0.25, -0.2) is 9.35 Å².